The Morgan fingerprint density at radius 2 is 2.15 bits per heavy atom. The highest BCUT2D eigenvalue weighted by atomic mass is 32.2. The molecule has 20 heavy (non-hydrogen) atoms. The van der Waals surface area contributed by atoms with Crippen molar-refractivity contribution in [2.45, 2.75) is 11.4 Å². The summed E-state index contributed by atoms with van der Waals surface area (Å²) < 4.78 is 28.2. The summed E-state index contributed by atoms with van der Waals surface area (Å²) in [5.41, 5.74) is 6.41. The van der Waals surface area contributed by atoms with E-state index in [4.69, 9.17) is 11.0 Å². The topological polar surface area (TPSA) is 114 Å². The molecule has 1 aromatic heterocycles. The molecule has 0 spiro atoms. The lowest BCUT2D eigenvalue weighted by molar-refractivity contribution is 0.581. The van der Waals surface area contributed by atoms with Gasteiger partial charge in [-0.15, -0.1) is 0 Å². The molecule has 7 nitrogen and oxygen atoms in total. The van der Waals surface area contributed by atoms with Crippen LogP contribution in [0.5, 0.6) is 0 Å². The highest BCUT2D eigenvalue weighted by Crippen LogP contribution is 2.15. The van der Waals surface area contributed by atoms with Gasteiger partial charge in [0.15, 0.2) is 0 Å². The Morgan fingerprint density at radius 1 is 1.45 bits per heavy atom. The fraction of sp³-hybridized carbons (Fsp3) is 0.167. The molecule has 0 saturated heterocycles. The molecule has 1 aromatic carbocycles. The van der Waals surface area contributed by atoms with Gasteiger partial charge in [-0.2, -0.15) is 10.4 Å². The van der Waals surface area contributed by atoms with Crippen LogP contribution in [0.25, 0.3) is 0 Å². The highest BCUT2D eigenvalue weighted by Gasteiger charge is 2.18. The van der Waals surface area contributed by atoms with Gasteiger partial charge in [0.05, 0.1) is 16.7 Å². The Hall–Kier alpha value is -2.37. The monoisotopic (exact) mass is 291 g/mol. The van der Waals surface area contributed by atoms with Crippen LogP contribution in [-0.4, -0.2) is 18.2 Å². The molecule has 0 atom stereocenters. The lowest BCUT2D eigenvalue weighted by atomic mass is 10.2. The number of nitriles is 1. The van der Waals surface area contributed by atoms with Gasteiger partial charge in [-0.25, -0.2) is 13.1 Å². The minimum Gasteiger partial charge on any atom is -0.384 e. The van der Waals surface area contributed by atoms with E-state index in [0.717, 1.165) is 0 Å². The maximum atomic E-state index is 12.2. The Morgan fingerprint density at radius 3 is 2.75 bits per heavy atom. The predicted molar refractivity (Wildman–Crippen MR) is 72.8 cm³/mol. The van der Waals surface area contributed by atoms with E-state index >= 15 is 0 Å². The van der Waals surface area contributed by atoms with Gasteiger partial charge >= 0.3 is 0 Å². The van der Waals surface area contributed by atoms with Crippen molar-refractivity contribution in [3.63, 3.8) is 0 Å². The largest absolute Gasteiger partial charge is 0.384 e. The van der Waals surface area contributed by atoms with Gasteiger partial charge in [0.1, 0.15) is 11.9 Å². The molecule has 8 heteroatoms. The summed E-state index contributed by atoms with van der Waals surface area (Å²) >= 11 is 0. The number of nitrogen functional groups attached to an aromatic ring is 1. The molecular formula is C12H13N5O2S. The van der Waals surface area contributed by atoms with Crippen LogP contribution >= 0.6 is 0 Å². The fourth-order valence-corrected chi connectivity index (χ4v) is 2.83. The summed E-state index contributed by atoms with van der Waals surface area (Å²) in [5.74, 6) is 0.390. The number of aryl methyl sites for hydroxylation is 1. The standard InChI is InChI=1S/C12H13N5O2S/c1-17-12(14)10(7-15-17)8-16-20(18,19)11-5-3-2-4-9(11)6-13/h2-5,7,16H,8,14H2,1H3. The van der Waals surface area contributed by atoms with Crippen LogP contribution in [0.2, 0.25) is 0 Å². The van der Waals surface area contributed by atoms with Gasteiger partial charge in [0.2, 0.25) is 10.0 Å². The molecule has 2 rings (SSSR count). The Bertz CT molecular complexity index is 773. The molecule has 0 aliphatic heterocycles. The molecule has 0 amide bonds. The van der Waals surface area contributed by atoms with Crippen LogP contribution in [0, 0.1) is 11.3 Å². The maximum absolute atomic E-state index is 12.2. The van der Waals surface area contributed by atoms with Gasteiger partial charge in [-0.3, -0.25) is 4.68 Å². The first-order valence-electron chi connectivity index (χ1n) is 5.71. The molecule has 0 aliphatic rings. The van der Waals surface area contributed by atoms with Crippen LogP contribution in [0.4, 0.5) is 5.82 Å². The quantitative estimate of drug-likeness (QED) is 0.843. The highest BCUT2D eigenvalue weighted by molar-refractivity contribution is 7.89. The van der Waals surface area contributed by atoms with Crippen molar-refractivity contribution in [1.82, 2.24) is 14.5 Å². The second-order valence-electron chi connectivity index (χ2n) is 4.11. The Labute approximate surface area is 116 Å². The summed E-state index contributed by atoms with van der Waals surface area (Å²) in [4.78, 5) is -0.0510. The van der Waals surface area contributed by atoms with Crippen molar-refractivity contribution in [3.8, 4) is 6.07 Å². The minimum absolute atomic E-state index is 0.0156. The van der Waals surface area contributed by atoms with Crippen LogP contribution in [0.15, 0.2) is 35.4 Å². The summed E-state index contributed by atoms with van der Waals surface area (Å²) in [7, 11) is -2.11. The van der Waals surface area contributed by atoms with Crippen LogP contribution in [-0.2, 0) is 23.6 Å². The summed E-state index contributed by atoms with van der Waals surface area (Å²) in [6.07, 6.45) is 1.49. The maximum Gasteiger partial charge on any atom is 0.242 e. The number of nitrogens with zero attached hydrogens (tertiary/aromatic N) is 3. The van der Waals surface area contributed by atoms with E-state index in [2.05, 4.69) is 9.82 Å². The third kappa shape index (κ3) is 2.64. The third-order valence-electron chi connectivity index (χ3n) is 2.81. The van der Waals surface area contributed by atoms with Gasteiger partial charge in [-0.05, 0) is 12.1 Å². The molecule has 0 bridgehead atoms. The number of hydrogen-bond acceptors (Lipinski definition) is 5. The zero-order chi connectivity index (χ0) is 14.8. The van der Waals surface area contributed by atoms with Crippen LogP contribution in [0.1, 0.15) is 11.1 Å². The SMILES string of the molecule is Cn1ncc(CNS(=O)(=O)c2ccccc2C#N)c1N. The molecule has 0 saturated carbocycles. The normalized spacial score (nSPS) is 11.2. The second kappa shape index (κ2) is 5.32. The summed E-state index contributed by atoms with van der Waals surface area (Å²) in [5, 5.41) is 12.9. The first-order valence-corrected chi connectivity index (χ1v) is 7.19. The number of sulfonamides is 1. The molecule has 0 radical (unpaired) electrons. The molecule has 2 aromatic rings. The van der Waals surface area contributed by atoms with Gasteiger partial charge < -0.3 is 5.73 Å². The Balaban J connectivity index is 2.24. The van der Waals surface area contributed by atoms with Crippen molar-refractivity contribution in [3.05, 3.63) is 41.6 Å². The molecule has 0 fully saturated rings. The van der Waals surface area contributed by atoms with Crippen molar-refractivity contribution >= 4 is 15.8 Å². The van der Waals surface area contributed by atoms with Crippen molar-refractivity contribution in [2.75, 3.05) is 5.73 Å². The van der Waals surface area contributed by atoms with E-state index in [1.54, 1.807) is 19.2 Å². The zero-order valence-corrected chi connectivity index (χ0v) is 11.6. The zero-order valence-electron chi connectivity index (χ0n) is 10.7. The van der Waals surface area contributed by atoms with Crippen LogP contribution in [0.3, 0.4) is 0 Å². The number of rotatable bonds is 4. The van der Waals surface area contributed by atoms with Crippen LogP contribution < -0.4 is 10.5 Å². The molecular weight excluding hydrogens is 278 g/mol. The van der Waals surface area contributed by atoms with Gasteiger partial charge in [0, 0.05) is 19.2 Å². The van der Waals surface area contributed by atoms with E-state index in [9.17, 15) is 8.42 Å². The molecule has 0 unspecified atom stereocenters. The minimum atomic E-state index is -3.77. The number of benzene rings is 1. The lowest BCUT2D eigenvalue weighted by Crippen LogP contribution is -2.24. The molecule has 1 heterocycles. The second-order valence-corrected chi connectivity index (χ2v) is 5.85. The molecule has 104 valence electrons. The first-order chi connectivity index (χ1) is 9.45. The number of anilines is 1. The first kappa shape index (κ1) is 14.0. The number of aromatic nitrogens is 2. The van der Waals surface area contributed by atoms with Crippen molar-refractivity contribution in [2.24, 2.45) is 7.05 Å². The third-order valence-corrected chi connectivity index (χ3v) is 4.27. The van der Waals surface area contributed by atoms with E-state index in [-0.39, 0.29) is 17.0 Å². The van der Waals surface area contributed by atoms with Crippen molar-refractivity contribution in [1.29, 1.82) is 5.26 Å². The fourth-order valence-electron chi connectivity index (χ4n) is 1.67. The summed E-state index contributed by atoms with van der Waals surface area (Å²) in [6, 6.07) is 7.86. The van der Waals surface area contributed by atoms with E-state index < -0.39 is 10.0 Å². The molecule has 3 N–H and O–H groups in total. The number of nitrogens with two attached hydrogens (primary N) is 1. The van der Waals surface area contributed by atoms with E-state index in [1.165, 1.54) is 23.0 Å². The number of hydrogen-bond donors (Lipinski definition) is 2. The van der Waals surface area contributed by atoms with Crippen molar-refractivity contribution < 1.29 is 8.42 Å². The summed E-state index contributed by atoms with van der Waals surface area (Å²) in [6.45, 7) is 0.0156. The Kier molecular flexibility index (Phi) is 3.74. The van der Waals surface area contributed by atoms with E-state index in [0.29, 0.717) is 11.4 Å². The van der Waals surface area contributed by atoms with Gasteiger partial charge in [0.25, 0.3) is 0 Å². The average Bonchev–Trinajstić information content (AvgIpc) is 2.76. The molecule has 0 aliphatic carbocycles. The lowest BCUT2D eigenvalue weighted by Gasteiger charge is -2.07. The predicted octanol–water partition coefficient (Wildman–Crippen LogP) is 0.352. The average molecular weight is 291 g/mol. The van der Waals surface area contributed by atoms with Gasteiger partial charge in [-0.1, -0.05) is 12.1 Å². The number of nitrogens with one attached hydrogen (secondary N) is 1. The van der Waals surface area contributed by atoms with E-state index in [1.807, 2.05) is 6.07 Å². The smallest absolute Gasteiger partial charge is 0.242 e.